The molecule has 0 aromatic carbocycles. The van der Waals surface area contributed by atoms with E-state index in [2.05, 4.69) is 27.7 Å². The highest BCUT2D eigenvalue weighted by atomic mass is 16.2. The van der Waals surface area contributed by atoms with Gasteiger partial charge in [-0.2, -0.15) is 0 Å². The van der Waals surface area contributed by atoms with Gasteiger partial charge >= 0.3 is 0 Å². The summed E-state index contributed by atoms with van der Waals surface area (Å²) < 4.78 is 2.26. The first-order valence-corrected chi connectivity index (χ1v) is 8.50. The minimum atomic E-state index is 0.101. The molecule has 3 heterocycles. The first kappa shape index (κ1) is 15.7. The van der Waals surface area contributed by atoms with Crippen LogP contribution >= 0.6 is 0 Å². The summed E-state index contributed by atoms with van der Waals surface area (Å²) >= 11 is 0. The van der Waals surface area contributed by atoms with E-state index in [1.807, 2.05) is 11.1 Å². The second-order valence-corrected chi connectivity index (χ2v) is 6.16. The number of aryl methyl sites for hydroxylation is 1. The molecule has 2 aromatic heterocycles. The third-order valence-corrected chi connectivity index (χ3v) is 4.50. The molecule has 2 aromatic rings. The number of piperidine rings is 1. The average Bonchev–Trinajstić information content (AvgIpc) is 3.08. The molecule has 0 spiro atoms. The first-order chi connectivity index (χ1) is 11.3. The average molecular weight is 312 g/mol. The Kier molecular flexibility index (Phi) is 5.05. The molecular formula is C18H24N4O. The fourth-order valence-corrected chi connectivity index (χ4v) is 3.25. The van der Waals surface area contributed by atoms with E-state index < -0.39 is 0 Å². The van der Waals surface area contributed by atoms with E-state index in [1.165, 1.54) is 6.42 Å². The van der Waals surface area contributed by atoms with Crippen LogP contribution in [-0.2, 0) is 6.54 Å². The van der Waals surface area contributed by atoms with Crippen molar-refractivity contribution in [1.82, 2.24) is 19.4 Å². The molecule has 1 amide bonds. The number of likely N-dealkylation sites (tertiary alicyclic amines) is 1. The molecule has 1 saturated heterocycles. The van der Waals surface area contributed by atoms with E-state index in [0.717, 1.165) is 50.3 Å². The number of hydrogen-bond donors (Lipinski definition) is 0. The molecule has 0 radical (unpaired) electrons. The molecular weight excluding hydrogens is 288 g/mol. The lowest BCUT2D eigenvalue weighted by Crippen LogP contribution is -2.39. The van der Waals surface area contributed by atoms with E-state index in [1.54, 1.807) is 24.5 Å². The van der Waals surface area contributed by atoms with Crippen molar-refractivity contribution in [3.8, 4) is 0 Å². The standard InChI is InChI=1S/C18H24N4O/c1-2-3-11-21-13-10-20-17(21)16-5-4-12-22(14-16)18(23)15-6-8-19-9-7-15/h6-10,13,16H,2-5,11-12,14H2,1H3/t16-/m1/s1. The van der Waals surface area contributed by atoms with Gasteiger partial charge in [0.2, 0.25) is 0 Å². The number of imidazole rings is 1. The highest BCUT2D eigenvalue weighted by molar-refractivity contribution is 5.94. The Labute approximate surface area is 137 Å². The van der Waals surface area contributed by atoms with Gasteiger partial charge in [0.05, 0.1) is 0 Å². The van der Waals surface area contributed by atoms with Crippen LogP contribution in [0.1, 0.15) is 54.7 Å². The Morgan fingerprint density at radius 2 is 2.13 bits per heavy atom. The molecule has 0 bridgehead atoms. The first-order valence-electron chi connectivity index (χ1n) is 8.50. The Bertz CT molecular complexity index is 637. The molecule has 0 saturated carbocycles. The molecule has 23 heavy (non-hydrogen) atoms. The van der Waals surface area contributed by atoms with Crippen LogP contribution in [0.25, 0.3) is 0 Å². The second-order valence-electron chi connectivity index (χ2n) is 6.16. The van der Waals surface area contributed by atoms with E-state index >= 15 is 0 Å². The fourth-order valence-electron chi connectivity index (χ4n) is 3.25. The van der Waals surface area contributed by atoms with Crippen molar-refractivity contribution in [1.29, 1.82) is 0 Å². The van der Waals surface area contributed by atoms with Crippen molar-refractivity contribution in [3.63, 3.8) is 0 Å². The third kappa shape index (κ3) is 3.60. The zero-order valence-electron chi connectivity index (χ0n) is 13.7. The molecule has 122 valence electrons. The highest BCUT2D eigenvalue weighted by Gasteiger charge is 2.27. The normalized spacial score (nSPS) is 18.1. The number of aromatic nitrogens is 3. The molecule has 5 heteroatoms. The molecule has 0 N–H and O–H groups in total. The second kappa shape index (κ2) is 7.40. The maximum Gasteiger partial charge on any atom is 0.253 e. The number of unbranched alkanes of at least 4 members (excludes halogenated alkanes) is 1. The number of rotatable bonds is 5. The minimum Gasteiger partial charge on any atom is -0.338 e. The molecule has 1 aliphatic heterocycles. The number of pyridine rings is 1. The van der Waals surface area contributed by atoms with Crippen LogP contribution in [0.15, 0.2) is 36.9 Å². The Balaban J connectivity index is 1.71. The van der Waals surface area contributed by atoms with Gasteiger partial charge < -0.3 is 9.47 Å². The Morgan fingerprint density at radius 3 is 2.91 bits per heavy atom. The molecule has 1 atom stereocenters. The highest BCUT2D eigenvalue weighted by Crippen LogP contribution is 2.27. The molecule has 1 aliphatic rings. The van der Waals surface area contributed by atoms with E-state index in [0.29, 0.717) is 5.92 Å². The van der Waals surface area contributed by atoms with Crippen LogP contribution in [0.4, 0.5) is 0 Å². The van der Waals surface area contributed by atoms with Crippen molar-refractivity contribution in [2.75, 3.05) is 13.1 Å². The van der Waals surface area contributed by atoms with Crippen molar-refractivity contribution in [2.24, 2.45) is 0 Å². The van der Waals surface area contributed by atoms with E-state index in [9.17, 15) is 4.79 Å². The smallest absolute Gasteiger partial charge is 0.253 e. The van der Waals surface area contributed by atoms with Crippen LogP contribution in [0.2, 0.25) is 0 Å². The van der Waals surface area contributed by atoms with E-state index in [4.69, 9.17) is 0 Å². The number of amides is 1. The lowest BCUT2D eigenvalue weighted by atomic mass is 9.96. The van der Waals surface area contributed by atoms with Crippen LogP contribution < -0.4 is 0 Å². The summed E-state index contributed by atoms with van der Waals surface area (Å²) in [6.45, 7) is 4.80. The third-order valence-electron chi connectivity index (χ3n) is 4.50. The maximum absolute atomic E-state index is 12.6. The molecule has 0 aliphatic carbocycles. The lowest BCUT2D eigenvalue weighted by Gasteiger charge is -2.32. The summed E-state index contributed by atoms with van der Waals surface area (Å²) in [5.41, 5.74) is 0.718. The largest absolute Gasteiger partial charge is 0.338 e. The summed E-state index contributed by atoms with van der Waals surface area (Å²) in [7, 11) is 0. The predicted molar refractivity (Wildman–Crippen MR) is 89.3 cm³/mol. The maximum atomic E-state index is 12.6. The van der Waals surface area contributed by atoms with Crippen molar-refractivity contribution in [3.05, 3.63) is 48.3 Å². The number of carbonyl (C=O) groups is 1. The summed E-state index contributed by atoms with van der Waals surface area (Å²) in [5.74, 6) is 1.57. The van der Waals surface area contributed by atoms with E-state index in [-0.39, 0.29) is 5.91 Å². The zero-order valence-corrected chi connectivity index (χ0v) is 13.7. The van der Waals surface area contributed by atoms with Gasteiger partial charge in [-0.3, -0.25) is 9.78 Å². The summed E-state index contributed by atoms with van der Waals surface area (Å²) in [6, 6.07) is 3.57. The van der Waals surface area contributed by atoms with Crippen LogP contribution in [0, 0.1) is 0 Å². The zero-order chi connectivity index (χ0) is 16.1. The summed E-state index contributed by atoms with van der Waals surface area (Å²) in [5, 5.41) is 0. The molecule has 3 rings (SSSR count). The van der Waals surface area contributed by atoms with Crippen LogP contribution in [0.3, 0.4) is 0 Å². The SMILES string of the molecule is CCCCn1ccnc1[C@@H]1CCCN(C(=O)c2ccncc2)C1. The number of carbonyl (C=O) groups excluding carboxylic acids is 1. The van der Waals surface area contributed by atoms with Crippen molar-refractivity contribution >= 4 is 5.91 Å². The van der Waals surface area contributed by atoms with Gasteiger partial charge in [0.15, 0.2) is 0 Å². The summed E-state index contributed by atoms with van der Waals surface area (Å²) in [6.07, 6.45) is 11.8. The van der Waals surface area contributed by atoms with Gasteiger partial charge in [-0.05, 0) is 31.4 Å². The van der Waals surface area contributed by atoms with Crippen LogP contribution in [0.5, 0.6) is 0 Å². The predicted octanol–water partition coefficient (Wildman–Crippen LogP) is 3.10. The Hall–Kier alpha value is -2.17. The number of hydrogen-bond acceptors (Lipinski definition) is 3. The lowest BCUT2D eigenvalue weighted by molar-refractivity contribution is 0.0703. The van der Waals surface area contributed by atoms with Gasteiger partial charge in [0.25, 0.3) is 5.91 Å². The fraction of sp³-hybridized carbons (Fsp3) is 0.500. The van der Waals surface area contributed by atoms with Gasteiger partial charge in [-0.1, -0.05) is 13.3 Å². The molecule has 1 fully saturated rings. The van der Waals surface area contributed by atoms with Crippen LogP contribution in [-0.4, -0.2) is 38.4 Å². The van der Waals surface area contributed by atoms with Gasteiger partial charge in [0.1, 0.15) is 5.82 Å². The molecule has 5 nitrogen and oxygen atoms in total. The molecule has 0 unspecified atom stereocenters. The van der Waals surface area contributed by atoms with Gasteiger partial charge in [-0.15, -0.1) is 0 Å². The minimum absolute atomic E-state index is 0.101. The number of nitrogens with zero attached hydrogens (tertiary/aromatic N) is 4. The van der Waals surface area contributed by atoms with Crippen molar-refractivity contribution in [2.45, 2.75) is 45.1 Å². The van der Waals surface area contributed by atoms with Gasteiger partial charge in [0, 0.05) is 55.9 Å². The topological polar surface area (TPSA) is 51.0 Å². The summed E-state index contributed by atoms with van der Waals surface area (Å²) in [4.78, 5) is 23.2. The van der Waals surface area contributed by atoms with Crippen molar-refractivity contribution < 1.29 is 4.79 Å². The monoisotopic (exact) mass is 312 g/mol. The Morgan fingerprint density at radius 1 is 1.30 bits per heavy atom. The quantitative estimate of drug-likeness (QED) is 0.852. The van der Waals surface area contributed by atoms with Gasteiger partial charge in [-0.25, -0.2) is 4.98 Å².